The van der Waals surface area contributed by atoms with E-state index in [1.807, 2.05) is 30.3 Å². The molecule has 0 unspecified atom stereocenters. The maximum atomic E-state index is 11.9. The highest BCUT2D eigenvalue weighted by Gasteiger charge is 2.43. The maximum absolute atomic E-state index is 11.9. The summed E-state index contributed by atoms with van der Waals surface area (Å²) in [5, 5.41) is 3.97. The van der Waals surface area contributed by atoms with Crippen LogP contribution in [0.1, 0.15) is 23.5 Å². The number of benzene rings is 1. The summed E-state index contributed by atoms with van der Waals surface area (Å²) in [6.45, 7) is 0. The zero-order valence-electron chi connectivity index (χ0n) is 10.9. The van der Waals surface area contributed by atoms with Crippen molar-refractivity contribution < 1.29 is 4.79 Å². The number of aromatic nitrogens is 1. The average molecular weight is 265 g/mol. The van der Waals surface area contributed by atoms with Crippen LogP contribution in [0.2, 0.25) is 0 Å². The second-order valence-electron chi connectivity index (χ2n) is 4.88. The van der Waals surface area contributed by atoms with E-state index in [0.717, 1.165) is 12.0 Å². The van der Waals surface area contributed by atoms with Gasteiger partial charge in [-0.3, -0.25) is 9.78 Å². The van der Waals surface area contributed by atoms with Crippen LogP contribution in [0.4, 0.5) is 0 Å². The number of carbonyl (C=O) groups excluding carboxylic acids is 1. The molecule has 1 aromatic carbocycles. The fraction of sp³-hybridized carbons (Fsp3) is 0.188. The largest absolute Gasteiger partial charge is 0.273 e. The number of carbonyl (C=O) groups is 1. The SMILES string of the molecule is O=C(NN=Cc1cccnc1)[C@H]1C[C@@H]1c1ccccc1. The molecular formula is C16H15N3O. The molecule has 1 amide bonds. The van der Waals surface area contributed by atoms with Crippen molar-refractivity contribution >= 4 is 12.1 Å². The lowest BCUT2D eigenvalue weighted by Gasteiger charge is -1.99. The first-order valence-electron chi connectivity index (χ1n) is 6.62. The van der Waals surface area contributed by atoms with Crippen molar-refractivity contribution in [3.63, 3.8) is 0 Å². The highest BCUT2D eigenvalue weighted by Crippen LogP contribution is 2.47. The van der Waals surface area contributed by atoms with E-state index in [-0.39, 0.29) is 11.8 Å². The van der Waals surface area contributed by atoms with E-state index in [4.69, 9.17) is 0 Å². The normalized spacial score (nSPS) is 20.8. The van der Waals surface area contributed by atoms with Crippen molar-refractivity contribution in [2.45, 2.75) is 12.3 Å². The number of pyridine rings is 1. The van der Waals surface area contributed by atoms with Gasteiger partial charge in [-0.15, -0.1) is 0 Å². The molecule has 0 aliphatic heterocycles. The number of hydrogen-bond donors (Lipinski definition) is 1. The topological polar surface area (TPSA) is 54.4 Å². The molecule has 100 valence electrons. The Bertz CT molecular complexity index is 610. The first kappa shape index (κ1) is 12.5. The molecule has 0 saturated heterocycles. The molecule has 4 heteroatoms. The Labute approximate surface area is 117 Å². The number of amides is 1. The molecule has 0 radical (unpaired) electrons. The van der Waals surface area contributed by atoms with Gasteiger partial charge in [-0.05, 0) is 24.0 Å². The van der Waals surface area contributed by atoms with Crippen molar-refractivity contribution in [2.24, 2.45) is 11.0 Å². The van der Waals surface area contributed by atoms with E-state index in [9.17, 15) is 4.79 Å². The molecule has 0 bridgehead atoms. The van der Waals surface area contributed by atoms with Gasteiger partial charge in [0.1, 0.15) is 0 Å². The molecule has 1 aromatic heterocycles. The summed E-state index contributed by atoms with van der Waals surface area (Å²) in [7, 11) is 0. The van der Waals surface area contributed by atoms with Gasteiger partial charge in [0.05, 0.1) is 6.21 Å². The van der Waals surface area contributed by atoms with Gasteiger partial charge in [-0.2, -0.15) is 5.10 Å². The van der Waals surface area contributed by atoms with Crippen LogP contribution in [0.15, 0.2) is 60.0 Å². The van der Waals surface area contributed by atoms with Gasteiger partial charge in [0.25, 0.3) is 0 Å². The van der Waals surface area contributed by atoms with Crippen LogP contribution < -0.4 is 5.43 Å². The molecule has 2 aromatic rings. The minimum Gasteiger partial charge on any atom is -0.273 e. The summed E-state index contributed by atoms with van der Waals surface area (Å²) in [6.07, 6.45) is 5.90. The van der Waals surface area contributed by atoms with E-state index in [1.165, 1.54) is 5.56 Å². The van der Waals surface area contributed by atoms with E-state index in [1.54, 1.807) is 18.6 Å². The van der Waals surface area contributed by atoms with Gasteiger partial charge in [0.2, 0.25) is 5.91 Å². The quantitative estimate of drug-likeness (QED) is 0.681. The van der Waals surface area contributed by atoms with Gasteiger partial charge < -0.3 is 0 Å². The number of hydrogen-bond acceptors (Lipinski definition) is 3. The lowest BCUT2D eigenvalue weighted by Crippen LogP contribution is -2.20. The van der Waals surface area contributed by atoms with Gasteiger partial charge in [-0.25, -0.2) is 5.43 Å². The summed E-state index contributed by atoms with van der Waals surface area (Å²) in [5.74, 6) is 0.368. The molecule has 1 N–H and O–H groups in total. The molecule has 4 nitrogen and oxygen atoms in total. The minimum atomic E-state index is -0.0148. The minimum absolute atomic E-state index is 0.0148. The van der Waals surface area contributed by atoms with Crippen molar-refractivity contribution in [1.82, 2.24) is 10.4 Å². The zero-order chi connectivity index (χ0) is 13.8. The summed E-state index contributed by atoms with van der Waals surface area (Å²) >= 11 is 0. The Hall–Kier alpha value is -2.49. The first-order chi connectivity index (χ1) is 9.84. The van der Waals surface area contributed by atoms with Crippen LogP contribution in [0.3, 0.4) is 0 Å². The maximum Gasteiger partial charge on any atom is 0.243 e. The standard InChI is InChI=1S/C16H15N3O/c20-16(19-18-11-12-5-4-8-17-10-12)15-9-14(15)13-6-2-1-3-7-13/h1-8,10-11,14-15H,9H2,(H,19,20)/t14-,15+/m1/s1. The molecular weight excluding hydrogens is 250 g/mol. The van der Waals surface area contributed by atoms with E-state index < -0.39 is 0 Å². The van der Waals surface area contributed by atoms with E-state index in [2.05, 4.69) is 27.6 Å². The number of nitrogens with zero attached hydrogens (tertiary/aromatic N) is 2. The summed E-state index contributed by atoms with van der Waals surface area (Å²) in [6, 6.07) is 13.8. The van der Waals surface area contributed by atoms with Crippen LogP contribution in [0.25, 0.3) is 0 Å². The Kier molecular flexibility index (Phi) is 3.54. The van der Waals surface area contributed by atoms with Crippen molar-refractivity contribution in [2.75, 3.05) is 0 Å². The number of rotatable bonds is 4. The Morgan fingerprint density at radius 2 is 2.10 bits per heavy atom. The van der Waals surface area contributed by atoms with Gasteiger partial charge in [-0.1, -0.05) is 36.4 Å². The lowest BCUT2D eigenvalue weighted by atomic mass is 10.1. The molecule has 0 spiro atoms. The number of nitrogens with one attached hydrogen (secondary N) is 1. The molecule has 1 heterocycles. The van der Waals surface area contributed by atoms with Crippen molar-refractivity contribution in [1.29, 1.82) is 0 Å². The highest BCUT2D eigenvalue weighted by atomic mass is 16.2. The van der Waals surface area contributed by atoms with Crippen LogP contribution in [0, 0.1) is 5.92 Å². The third-order valence-corrected chi connectivity index (χ3v) is 3.43. The Morgan fingerprint density at radius 3 is 2.85 bits per heavy atom. The molecule has 1 fully saturated rings. The smallest absolute Gasteiger partial charge is 0.243 e. The predicted octanol–water partition coefficient (Wildman–Crippen LogP) is 2.34. The van der Waals surface area contributed by atoms with Gasteiger partial charge >= 0.3 is 0 Å². The summed E-state index contributed by atoms with van der Waals surface area (Å²) in [5.41, 5.74) is 4.69. The monoisotopic (exact) mass is 265 g/mol. The van der Waals surface area contributed by atoms with Crippen LogP contribution in [-0.2, 0) is 4.79 Å². The van der Waals surface area contributed by atoms with E-state index in [0.29, 0.717) is 5.92 Å². The molecule has 1 aliphatic rings. The van der Waals surface area contributed by atoms with Crippen molar-refractivity contribution in [3.05, 3.63) is 66.0 Å². The molecule has 1 aliphatic carbocycles. The molecule has 1 saturated carbocycles. The molecule has 3 rings (SSSR count). The second-order valence-corrected chi connectivity index (χ2v) is 4.88. The average Bonchev–Trinajstić information content (AvgIpc) is 3.30. The predicted molar refractivity (Wildman–Crippen MR) is 77.3 cm³/mol. The van der Waals surface area contributed by atoms with Crippen molar-refractivity contribution in [3.8, 4) is 0 Å². The Morgan fingerprint density at radius 1 is 1.25 bits per heavy atom. The van der Waals surface area contributed by atoms with Crippen LogP contribution in [0.5, 0.6) is 0 Å². The molecule has 2 atom stereocenters. The summed E-state index contributed by atoms with van der Waals surface area (Å²) < 4.78 is 0. The fourth-order valence-corrected chi connectivity index (χ4v) is 2.26. The lowest BCUT2D eigenvalue weighted by molar-refractivity contribution is -0.122. The fourth-order valence-electron chi connectivity index (χ4n) is 2.26. The van der Waals surface area contributed by atoms with Crippen LogP contribution in [-0.4, -0.2) is 17.1 Å². The zero-order valence-corrected chi connectivity index (χ0v) is 10.9. The number of hydrazone groups is 1. The summed E-state index contributed by atoms with van der Waals surface area (Å²) in [4.78, 5) is 15.9. The molecule has 20 heavy (non-hydrogen) atoms. The van der Waals surface area contributed by atoms with E-state index >= 15 is 0 Å². The second kappa shape index (κ2) is 5.65. The third-order valence-electron chi connectivity index (χ3n) is 3.43. The highest BCUT2D eigenvalue weighted by molar-refractivity contribution is 5.85. The van der Waals surface area contributed by atoms with Crippen LogP contribution >= 0.6 is 0 Å². The third kappa shape index (κ3) is 2.91. The Balaban J connectivity index is 1.53. The van der Waals surface area contributed by atoms with Gasteiger partial charge in [0.15, 0.2) is 0 Å². The first-order valence-corrected chi connectivity index (χ1v) is 6.62. The van der Waals surface area contributed by atoms with Gasteiger partial charge in [0, 0.05) is 23.9 Å².